The Kier molecular flexibility index (Phi) is 12.8. The summed E-state index contributed by atoms with van der Waals surface area (Å²) in [5, 5.41) is 9.18. The van der Waals surface area contributed by atoms with E-state index in [0.717, 1.165) is 95.2 Å². The first-order valence-electron chi connectivity index (χ1n) is 14.3. The number of carboxylic acid groups (broad SMARTS) is 1. The van der Waals surface area contributed by atoms with Crippen LogP contribution in [0.25, 0.3) is 0 Å². The summed E-state index contributed by atoms with van der Waals surface area (Å²) in [5.41, 5.74) is 2.71. The fourth-order valence-corrected chi connectivity index (χ4v) is 5.42. The van der Waals surface area contributed by atoms with Crippen LogP contribution in [0.1, 0.15) is 80.3 Å². The van der Waals surface area contributed by atoms with Crippen LogP contribution in [0, 0.1) is 5.92 Å². The van der Waals surface area contributed by atoms with E-state index in [2.05, 4.69) is 36.9 Å². The lowest BCUT2D eigenvalue weighted by Gasteiger charge is -2.35. The van der Waals surface area contributed by atoms with Crippen LogP contribution in [0.4, 0.5) is 0 Å². The molecule has 0 radical (unpaired) electrons. The molecule has 38 heavy (non-hydrogen) atoms. The van der Waals surface area contributed by atoms with Crippen molar-refractivity contribution in [1.29, 1.82) is 0 Å². The van der Waals surface area contributed by atoms with Gasteiger partial charge >= 0.3 is 5.97 Å². The molecule has 1 heterocycles. The van der Waals surface area contributed by atoms with Crippen LogP contribution < -0.4 is 4.74 Å². The third kappa shape index (κ3) is 10.6. The number of unbranched alkanes of at least 4 members (excludes halogenated alkanes) is 3. The van der Waals surface area contributed by atoms with Gasteiger partial charge in [0.25, 0.3) is 0 Å². The van der Waals surface area contributed by atoms with E-state index in [9.17, 15) is 14.7 Å². The van der Waals surface area contributed by atoms with Crippen LogP contribution >= 0.6 is 0 Å². The Morgan fingerprint density at radius 1 is 1.03 bits per heavy atom. The number of aldehydes is 1. The molecule has 3 atom stereocenters. The monoisotopic (exact) mass is 523 g/mol. The second kappa shape index (κ2) is 16.3. The highest BCUT2D eigenvalue weighted by Crippen LogP contribution is 2.26. The van der Waals surface area contributed by atoms with Crippen molar-refractivity contribution in [3.05, 3.63) is 65.2 Å². The molecule has 6 nitrogen and oxygen atoms in total. The van der Waals surface area contributed by atoms with Gasteiger partial charge in [-0.2, -0.15) is 0 Å². The molecular weight excluding hydrogens is 478 g/mol. The number of hydrogen-bond acceptors (Lipinski definition) is 5. The van der Waals surface area contributed by atoms with Crippen LogP contribution in [0.3, 0.4) is 0 Å². The first-order chi connectivity index (χ1) is 18.4. The van der Waals surface area contributed by atoms with E-state index >= 15 is 0 Å². The summed E-state index contributed by atoms with van der Waals surface area (Å²) in [7, 11) is 0. The minimum Gasteiger partial charge on any atom is -0.493 e. The fourth-order valence-electron chi connectivity index (χ4n) is 5.42. The van der Waals surface area contributed by atoms with Crippen molar-refractivity contribution in [2.24, 2.45) is 5.92 Å². The predicted molar refractivity (Wildman–Crippen MR) is 151 cm³/mol. The zero-order valence-electron chi connectivity index (χ0n) is 23.1. The van der Waals surface area contributed by atoms with E-state index in [1.54, 1.807) is 12.1 Å². The van der Waals surface area contributed by atoms with Gasteiger partial charge in [-0.15, -0.1) is 0 Å². The van der Waals surface area contributed by atoms with E-state index in [1.165, 1.54) is 5.56 Å². The number of carboxylic acids is 1. The number of benzene rings is 2. The largest absolute Gasteiger partial charge is 0.493 e. The van der Waals surface area contributed by atoms with Crippen molar-refractivity contribution in [2.45, 2.75) is 83.8 Å². The SMILES string of the molecule is CC1CN(CCCCOc2ccccc2CCC(CCCCC=O)Cc2ccc(C(=O)O)cc2)CC(C)O1. The molecule has 1 saturated heterocycles. The third-order valence-electron chi connectivity index (χ3n) is 7.33. The minimum absolute atomic E-state index is 0.305. The lowest BCUT2D eigenvalue weighted by atomic mass is 9.88. The molecule has 0 aromatic heterocycles. The van der Waals surface area contributed by atoms with Gasteiger partial charge in [0.05, 0.1) is 24.4 Å². The second-order valence-corrected chi connectivity index (χ2v) is 10.7. The molecule has 0 amide bonds. The van der Waals surface area contributed by atoms with Gasteiger partial charge in [-0.25, -0.2) is 4.79 Å². The Morgan fingerprint density at radius 3 is 2.47 bits per heavy atom. The van der Waals surface area contributed by atoms with Crippen LogP contribution in [0.5, 0.6) is 5.75 Å². The molecule has 0 spiro atoms. The Morgan fingerprint density at radius 2 is 1.76 bits per heavy atom. The number of morpholine rings is 1. The summed E-state index contributed by atoms with van der Waals surface area (Å²) < 4.78 is 12.1. The highest BCUT2D eigenvalue weighted by molar-refractivity contribution is 5.87. The smallest absolute Gasteiger partial charge is 0.335 e. The third-order valence-corrected chi connectivity index (χ3v) is 7.33. The molecule has 208 valence electrons. The van der Waals surface area contributed by atoms with Gasteiger partial charge in [-0.1, -0.05) is 43.2 Å². The summed E-state index contributed by atoms with van der Waals surface area (Å²) >= 11 is 0. The molecule has 2 aromatic carbocycles. The molecule has 0 aliphatic carbocycles. The van der Waals surface area contributed by atoms with Gasteiger partial charge < -0.3 is 19.4 Å². The minimum atomic E-state index is -0.899. The lowest BCUT2D eigenvalue weighted by Crippen LogP contribution is -2.45. The zero-order valence-corrected chi connectivity index (χ0v) is 23.1. The van der Waals surface area contributed by atoms with Crippen molar-refractivity contribution in [2.75, 3.05) is 26.2 Å². The number of rotatable bonds is 17. The standard InChI is InChI=1S/C32H45NO5/c1-25-23-33(24-26(2)38-25)19-7-9-21-37-31-12-6-5-11-29(31)16-13-27(10-4-3-8-20-34)22-28-14-17-30(18-15-28)32(35)36/h5-6,11-12,14-15,17-18,20,25-27H,3-4,7-10,13,16,19,21-24H2,1-2H3,(H,35,36). The summed E-state index contributed by atoms with van der Waals surface area (Å²) in [6.07, 6.45) is 10.2. The first-order valence-corrected chi connectivity index (χ1v) is 14.3. The number of aromatic carboxylic acids is 1. The Hall–Kier alpha value is -2.70. The van der Waals surface area contributed by atoms with Crippen molar-refractivity contribution < 1.29 is 24.2 Å². The summed E-state index contributed by atoms with van der Waals surface area (Å²) in [5.74, 6) is 0.541. The zero-order chi connectivity index (χ0) is 27.2. The lowest BCUT2D eigenvalue weighted by molar-refractivity contribution is -0.107. The van der Waals surface area contributed by atoms with E-state index in [0.29, 0.717) is 30.1 Å². The highest BCUT2D eigenvalue weighted by atomic mass is 16.5. The molecule has 1 N–H and O–H groups in total. The van der Waals surface area contributed by atoms with E-state index in [1.807, 2.05) is 18.2 Å². The number of aryl methyl sites for hydroxylation is 1. The quantitative estimate of drug-likeness (QED) is 0.196. The fraction of sp³-hybridized carbons (Fsp3) is 0.562. The molecule has 2 aromatic rings. The van der Waals surface area contributed by atoms with Crippen molar-refractivity contribution in [3.63, 3.8) is 0 Å². The number of nitrogens with zero attached hydrogens (tertiary/aromatic N) is 1. The van der Waals surface area contributed by atoms with Crippen molar-refractivity contribution in [1.82, 2.24) is 4.90 Å². The molecule has 0 bridgehead atoms. The molecule has 0 saturated carbocycles. The maximum absolute atomic E-state index is 11.2. The number of carbonyl (C=O) groups is 2. The predicted octanol–water partition coefficient (Wildman–Crippen LogP) is 6.20. The van der Waals surface area contributed by atoms with Crippen LogP contribution in [0.2, 0.25) is 0 Å². The first kappa shape index (κ1) is 29.9. The van der Waals surface area contributed by atoms with Crippen molar-refractivity contribution >= 4 is 12.3 Å². The Balaban J connectivity index is 1.49. The average molecular weight is 524 g/mol. The molecule has 3 rings (SSSR count). The maximum atomic E-state index is 11.2. The van der Waals surface area contributed by atoms with Crippen LogP contribution in [0.15, 0.2) is 48.5 Å². The number of carbonyl (C=O) groups excluding carboxylic acids is 1. The number of para-hydroxylation sites is 1. The van der Waals surface area contributed by atoms with Crippen molar-refractivity contribution in [3.8, 4) is 5.75 Å². The van der Waals surface area contributed by atoms with E-state index in [-0.39, 0.29) is 0 Å². The number of ether oxygens (including phenoxy) is 2. The van der Waals surface area contributed by atoms with Crippen LogP contribution in [-0.4, -0.2) is 60.7 Å². The van der Waals surface area contributed by atoms with Crippen LogP contribution in [-0.2, 0) is 22.4 Å². The van der Waals surface area contributed by atoms with Gasteiger partial charge in [-0.05, 0) is 94.2 Å². The normalized spacial score (nSPS) is 18.7. The molecule has 1 aliphatic heterocycles. The molecular formula is C32H45NO5. The highest BCUT2D eigenvalue weighted by Gasteiger charge is 2.21. The average Bonchev–Trinajstić information content (AvgIpc) is 2.89. The van der Waals surface area contributed by atoms with E-state index in [4.69, 9.17) is 9.47 Å². The summed E-state index contributed by atoms with van der Waals surface area (Å²) in [4.78, 5) is 24.4. The van der Waals surface area contributed by atoms with Gasteiger partial charge in [0.15, 0.2) is 0 Å². The summed E-state index contributed by atoms with van der Waals surface area (Å²) in [6.45, 7) is 8.11. The van der Waals surface area contributed by atoms with Gasteiger partial charge in [0.2, 0.25) is 0 Å². The number of hydrogen-bond donors (Lipinski definition) is 1. The Labute approximate surface area is 228 Å². The summed E-state index contributed by atoms with van der Waals surface area (Å²) in [6, 6.07) is 15.6. The molecule has 6 heteroatoms. The molecule has 3 unspecified atom stereocenters. The van der Waals surface area contributed by atoms with E-state index < -0.39 is 5.97 Å². The Bertz CT molecular complexity index is 966. The molecule has 1 aliphatic rings. The second-order valence-electron chi connectivity index (χ2n) is 10.7. The van der Waals surface area contributed by atoms with Gasteiger partial charge in [0, 0.05) is 19.5 Å². The van der Waals surface area contributed by atoms with Gasteiger partial charge in [-0.3, -0.25) is 4.90 Å². The molecule has 1 fully saturated rings. The maximum Gasteiger partial charge on any atom is 0.335 e. The topological polar surface area (TPSA) is 76.1 Å². The van der Waals surface area contributed by atoms with Gasteiger partial charge in [0.1, 0.15) is 12.0 Å².